The van der Waals surface area contributed by atoms with Gasteiger partial charge in [0, 0.05) is 45.2 Å². The van der Waals surface area contributed by atoms with Gasteiger partial charge in [-0.15, -0.1) is 0 Å². The summed E-state index contributed by atoms with van der Waals surface area (Å²) in [7, 11) is 0. The molecule has 1 aliphatic rings. The minimum absolute atomic E-state index is 0.0499. The third-order valence-electron chi connectivity index (χ3n) is 4.99. The molecule has 1 amide bonds. The summed E-state index contributed by atoms with van der Waals surface area (Å²) in [5, 5.41) is 9.39. The number of fused-ring (bicyclic) bond motifs is 1. The molecule has 1 aromatic heterocycles. The lowest BCUT2D eigenvalue weighted by Gasteiger charge is -2.38. The van der Waals surface area contributed by atoms with Gasteiger partial charge in [-0.05, 0) is 18.6 Å². The van der Waals surface area contributed by atoms with Crippen LogP contribution in [0.5, 0.6) is 0 Å². The van der Waals surface area contributed by atoms with Gasteiger partial charge in [0.2, 0.25) is 5.91 Å². The fourth-order valence-corrected chi connectivity index (χ4v) is 3.43. The van der Waals surface area contributed by atoms with Crippen LogP contribution >= 0.6 is 0 Å². The van der Waals surface area contributed by atoms with Crippen molar-refractivity contribution < 1.29 is 14.3 Å². The number of para-hydroxylation sites is 2. The van der Waals surface area contributed by atoms with E-state index in [9.17, 15) is 14.7 Å². The van der Waals surface area contributed by atoms with E-state index in [1.54, 1.807) is 6.07 Å². The maximum absolute atomic E-state index is 12.5. The van der Waals surface area contributed by atoms with Gasteiger partial charge in [0.25, 0.3) is 0 Å². The third-order valence-corrected chi connectivity index (χ3v) is 4.99. The molecule has 2 aromatic rings. The van der Waals surface area contributed by atoms with Crippen molar-refractivity contribution in [3.05, 3.63) is 34.8 Å². The predicted molar refractivity (Wildman–Crippen MR) is 94.4 cm³/mol. The average molecular weight is 347 g/mol. The van der Waals surface area contributed by atoms with Gasteiger partial charge in [-0.1, -0.05) is 19.1 Å². The highest BCUT2D eigenvalue weighted by Crippen LogP contribution is 2.13. The predicted octanol–water partition coefficient (Wildman–Crippen LogP) is 0.900. The first kappa shape index (κ1) is 17.7. The van der Waals surface area contributed by atoms with Crippen molar-refractivity contribution in [3.8, 4) is 0 Å². The number of oxazole rings is 1. The van der Waals surface area contributed by atoms with Crippen LogP contribution in [0.4, 0.5) is 0 Å². The summed E-state index contributed by atoms with van der Waals surface area (Å²) in [6.07, 6.45) is 1.18. The monoisotopic (exact) mass is 347 g/mol. The molecule has 1 N–H and O–H groups in total. The molecule has 7 nitrogen and oxygen atoms in total. The number of nitrogens with zero attached hydrogens (tertiary/aromatic N) is 3. The maximum atomic E-state index is 12.5. The molecule has 1 aromatic carbocycles. The average Bonchev–Trinajstić information content (AvgIpc) is 2.96. The number of hydrogen-bond donors (Lipinski definition) is 1. The van der Waals surface area contributed by atoms with Crippen molar-refractivity contribution >= 4 is 17.0 Å². The zero-order chi connectivity index (χ0) is 17.8. The third kappa shape index (κ3) is 3.77. The van der Waals surface area contributed by atoms with Crippen LogP contribution < -0.4 is 5.76 Å². The number of carbonyl (C=O) groups excluding carboxylic acids is 1. The summed E-state index contributed by atoms with van der Waals surface area (Å²) in [6, 6.07) is 7.41. The van der Waals surface area contributed by atoms with Crippen molar-refractivity contribution in [2.45, 2.75) is 32.4 Å². The molecular weight excluding hydrogens is 322 g/mol. The maximum Gasteiger partial charge on any atom is 0.419 e. The number of hydrogen-bond acceptors (Lipinski definition) is 5. The van der Waals surface area contributed by atoms with Gasteiger partial charge in [-0.25, -0.2) is 4.79 Å². The summed E-state index contributed by atoms with van der Waals surface area (Å²) >= 11 is 0. The number of rotatable bonds is 6. The van der Waals surface area contributed by atoms with Gasteiger partial charge in [0.1, 0.15) is 0 Å². The van der Waals surface area contributed by atoms with Crippen LogP contribution in [0.25, 0.3) is 11.1 Å². The lowest BCUT2D eigenvalue weighted by Crippen LogP contribution is -2.52. The van der Waals surface area contributed by atoms with Gasteiger partial charge in [-0.2, -0.15) is 0 Å². The molecule has 136 valence electrons. The van der Waals surface area contributed by atoms with E-state index in [1.165, 1.54) is 4.57 Å². The second-order valence-electron chi connectivity index (χ2n) is 6.40. The number of amides is 1. The van der Waals surface area contributed by atoms with E-state index in [0.717, 1.165) is 25.0 Å². The van der Waals surface area contributed by atoms with Gasteiger partial charge < -0.3 is 14.4 Å². The quantitative estimate of drug-likeness (QED) is 0.840. The van der Waals surface area contributed by atoms with Crippen molar-refractivity contribution in [1.82, 2.24) is 14.4 Å². The normalized spacial score (nSPS) is 17.1. The first-order chi connectivity index (χ1) is 12.1. The minimum Gasteiger partial charge on any atom is -0.408 e. The van der Waals surface area contributed by atoms with E-state index >= 15 is 0 Å². The fourth-order valence-electron chi connectivity index (χ4n) is 3.43. The molecule has 3 rings (SSSR count). The Morgan fingerprint density at radius 1 is 1.24 bits per heavy atom. The SMILES string of the molecule is CCC(CO)N1CCN(C(=O)CCn2c(=O)oc3ccccc32)CC1. The second kappa shape index (κ2) is 7.84. The summed E-state index contributed by atoms with van der Waals surface area (Å²) < 4.78 is 6.71. The van der Waals surface area contributed by atoms with Crippen LogP contribution in [0.3, 0.4) is 0 Å². The minimum atomic E-state index is -0.424. The van der Waals surface area contributed by atoms with Crippen LogP contribution in [0.1, 0.15) is 19.8 Å². The number of piperazine rings is 1. The Balaban J connectivity index is 1.57. The van der Waals surface area contributed by atoms with E-state index in [2.05, 4.69) is 11.8 Å². The zero-order valence-corrected chi connectivity index (χ0v) is 14.6. The molecule has 1 aliphatic heterocycles. The number of benzene rings is 1. The molecule has 1 unspecified atom stereocenters. The highest BCUT2D eigenvalue weighted by molar-refractivity contribution is 5.77. The Hall–Kier alpha value is -2.12. The Kier molecular flexibility index (Phi) is 5.55. The molecule has 25 heavy (non-hydrogen) atoms. The molecule has 7 heteroatoms. The van der Waals surface area contributed by atoms with Gasteiger partial charge in [0.05, 0.1) is 12.1 Å². The zero-order valence-electron chi connectivity index (χ0n) is 14.6. The number of aryl methyl sites for hydroxylation is 1. The fraction of sp³-hybridized carbons (Fsp3) is 0.556. The molecular formula is C18H25N3O4. The van der Waals surface area contributed by atoms with Crippen molar-refractivity contribution in [3.63, 3.8) is 0 Å². The molecule has 0 radical (unpaired) electrons. The Morgan fingerprint density at radius 3 is 2.64 bits per heavy atom. The summed E-state index contributed by atoms with van der Waals surface area (Å²) in [4.78, 5) is 28.5. The van der Waals surface area contributed by atoms with E-state index in [4.69, 9.17) is 4.42 Å². The van der Waals surface area contributed by atoms with Crippen LogP contribution in [-0.4, -0.2) is 64.2 Å². The molecule has 0 aliphatic carbocycles. The van der Waals surface area contributed by atoms with Crippen LogP contribution in [-0.2, 0) is 11.3 Å². The summed E-state index contributed by atoms with van der Waals surface area (Å²) in [5.41, 5.74) is 1.27. The topological polar surface area (TPSA) is 78.9 Å². The Bertz CT molecular complexity index is 770. The molecule has 2 heterocycles. The highest BCUT2D eigenvalue weighted by Gasteiger charge is 2.25. The number of aromatic nitrogens is 1. The largest absolute Gasteiger partial charge is 0.419 e. The molecule has 1 atom stereocenters. The van der Waals surface area contributed by atoms with Crippen molar-refractivity contribution in [1.29, 1.82) is 0 Å². The smallest absolute Gasteiger partial charge is 0.408 e. The van der Waals surface area contributed by atoms with Crippen LogP contribution in [0, 0.1) is 0 Å². The Morgan fingerprint density at radius 2 is 1.96 bits per heavy atom. The van der Waals surface area contributed by atoms with Gasteiger partial charge >= 0.3 is 5.76 Å². The standard InChI is InChI=1S/C18H25N3O4/c1-2-14(13-22)19-9-11-20(12-10-19)17(23)7-8-21-15-5-3-4-6-16(15)25-18(21)24/h3-6,14,22H,2,7-13H2,1H3. The van der Waals surface area contributed by atoms with E-state index in [0.29, 0.717) is 25.2 Å². The van der Waals surface area contributed by atoms with Crippen LogP contribution in [0.15, 0.2) is 33.5 Å². The first-order valence-electron chi connectivity index (χ1n) is 8.85. The Labute approximate surface area is 146 Å². The molecule has 0 saturated carbocycles. The second-order valence-corrected chi connectivity index (χ2v) is 6.40. The lowest BCUT2D eigenvalue weighted by molar-refractivity contribution is -0.133. The van der Waals surface area contributed by atoms with Gasteiger partial charge in [-0.3, -0.25) is 14.3 Å². The lowest BCUT2D eigenvalue weighted by atomic mass is 10.1. The van der Waals surface area contributed by atoms with Crippen molar-refractivity contribution in [2.75, 3.05) is 32.8 Å². The summed E-state index contributed by atoms with van der Waals surface area (Å²) in [6.45, 7) is 5.42. The van der Waals surface area contributed by atoms with E-state index in [1.807, 2.05) is 23.1 Å². The molecule has 0 spiro atoms. The van der Waals surface area contributed by atoms with Crippen LogP contribution in [0.2, 0.25) is 0 Å². The highest BCUT2D eigenvalue weighted by atomic mass is 16.4. The summed E-state index contributed by atoms with van der Waals surface area (Å²) in [5.74, 6) is -0.374. The van der Waals surface area contributed by atoms with E-state index < -0.39 is 5.76 Å². The molecule has 1 fully saturated rings. The van der Waals surface area contributed by atoms with Gasteiger partial charge in [0.15, 0.2) is 5.58 Å². The number of carbonyl (C=O) groups is 1. The number of aliphatic hydroxyl groups excluding tert-OH is 1. The van der Waals surface area contributed by atoms with E-state index in [-0.39, 0.29) is 25.0 Å². The molecule has 1 saturated heterocycles. The molecule has 0 bridgehead atoms. The van der Waals surface area contributed by atoms with Crippen molar-refractivity contribution in [2.24, 2.45) is 0 Å². The first-order valence-corrected chi connectivity index (χ1v) is 8.85. The number of aliphatic hydroxyl groups is 1.